The molecule has 1 aliphatic rings. The molecule has 0 aromatic rings. The lowest BCUT2D eigenvalue weighted by molar-refractivity contribution is -0.148. The van der Waals surface area contributed by atoms with Crippen LogP contribution in [0.25, 0.3) is 0 Å². The Balaban J connectivity index is 2.31. The predicted octanol–water partition coefficient (Wildman–Crippen LogP) is 2.06. The summed E-state index contributed by atoms with van der Waals surface area (Å²) in [4.78, 5) is 13.6. The number of carbonyl (C=O) groups excluding carboxylic acids is 1. The second kappa shape index (κ2) is 6.11. The third-order valence-corrected chi connectivity index (χ3v) is 3.31. The maximum absolute atomic E-state index is 11.5. The highest BCUT2D eigenvalue weighted by atomic mass is 16.5. The highest BCUT2D eigenvalue weighted by Gasteiger charge is 2.23. The molecule has 0 spiro atoms. The molecule has 0 aromatic heterocycles. The van der Waals surface area contributed by atoms with Crippen molar-refractivity contribution in [3.05, 3.63) is 0 Å². The summed E-state index contributed by atoms with van der Waals surface area (Å²) in [6.45, 7) is 5.27. The molecule has 0 bridgehead atoms. The fourth-order valence-electron chi connectivity index (χ4n) is 2.20. The lowest BCUT2D eigenvalue weighted by atomic mass is 10.1. The summed E-state index contributed by atoms with van der Waals surface area (Å²) in [6.07, 6.45) is 5.35. The van der Waals surface area contributed by atoms with Gasteiger partial charge < -0.3 is 4.74 Å². The zero-order valence-electron chi connectivity index (χ0n) is 10.2. The molecule has 15 heavy (non-hydrogen) atoms. The minimum Gasteiger partial charge on any atom is -0.465 e. The fraction of sp³-hybridized carbons (Fsp3) is 0.917. The quantitative estimate of drug-likeness (QED) is 0.655. The van der Waals surface area contributed by atoms with Crippen molar-refractivity contribution in [3.8, 4) is 0 Å². The van der Waals surface area contributed by atoms with E-state index in [1.54, 1.807) is 0 Å². The molecular weight excluding hydrogens is 190 g/mol. The number of nitrogens with zero attached hydrogens (tertiary/aromatic N) is 1. The summed E-state index contributed by atoms with van der Waals surface area (Å²) in [5, 5.41) is 0. The molecule has 0 heterocycles. The number of rotatable bonds is 5. The minimum atomic E-state index is -0.106. The van der Waals surface area contributed by atoms with Gasteiger partial charge in [-0.25, -0.2) is 0 Å². The second-order valence-electron chi connectivity index (χ2n) is 4.52. The van der Waals surface area contributed by atoms with Gasteiger partial charge in [-0.15, -0.1) is 0 Å². The van der Waals surface area contributed by atoms with Crippen LogP contribution in [-0.2, 0) is 9.53 Å². The average molecular weight is 213 g/mol. The second-order valence-corrected chi connectivity index (χ2v) is 4.52. The number of esters is 1. The van der Waals surface area contributed by atoms with Gasteiger partial charge in [0.15, 0.2) is 0 Å². The van der Waals surface area contributed by atoms with Gasteiger partial charge in [0.2, 0.25) is 0 Å². The molecule has 3 heteroatoms. The monoisotopic (exact) mass is 213 g/mol. The van der Waals surface area contributed by atoms with Crippen molar-refractivity contribution < 1.29 is 9.53 Å². The van der Waals surface area contributed by atoms with Crippen LogP contribution in [0.5, 0.6) is 0 Å². The molecule has 0 saturated heterocycles. The Hall–Kier alpha value is -0.570. The van der Waals surface area contributed by atoms with E-state index in [4.69, 9.17) is 4.74 Å². The molecule has 1 fully saturated rings. The lowest BCUT2D eigenvalue weighted by Crippen LogP contribution is -2.39. The van der Waals surface area contributed by atoms with Crippen LogP contribution < -0.4 is 0 Å². The molecule has 0 aliphatic heterocycles. The van der Waals surface area contributed by atoms with Crippen molar-refractivity contribution in [1.82, 2.24) is 4.90 Å². The van der Waals surface area contributed by atoms with Gasteiger partial charge in [0.1, 0.15) is 6.04 Å². The van der Waals surface area contributed by atoms with Crippen LogP contribution in [0.2, 0.25) is 0 Å². The maximum Gasteiger partial charge on any atom is 0.323 e. The molecule has 1 aliphatic carbocycles. The molecule has 1 rings (SSSR count). The third kappa shape index (κ3) is 3.82. The van der Waals surface area contributed by atoms with E-state index < -0.39 is 0 Å². The summed E-state index contributed by atoms with van der Waals surface area (Å²) < 4.78 is 5.01. The molecule has 1 unspecified atom stereocenters. The van der Waals surface area contributed by atoms with Crippen molar-refractivity contribution in [3.63, 3.8) is 0 Å². The van der Waals surface area contributed by atoms with Crippen LogP contribution in [0, 0.1) is 5.92 Å². The average Bonchev–Trinajstić information content (AvgIpc) is 2.69. The number of likely N-dealkylation sites (N-methyl/N-ethyl adjacent to an activating group) is 1. The van der Waals surface area contributed by atoms with Crippen LogP contribution in [0.15, 0.2) is 0 Å². The number of hydrogen-bond donors (Lipinski definition) is 0. The molecular formula is C12H23NO2. The highest BCUT2D eigenvalue weighted by molar-refractivity contribution is 5.75. The number of hydrogen-bond acceptors (Lipinski definition) is 3. The smallest absolute Gasteiger partial charge is 0.323 e. The zero-order valence-corrected chi connectivity index (χ0v) is 10.2. The summed E-state index contributed by atoms with van der Waals surface area (Å²) in [5.74, 6) is 0.685. The number of ether oxygens (including phenoxy) is 1. The lowest BCUT2D eigenvalue weighted by Gasteiger charge is -2.25. The normalized spacial score (nSPS) is 19.5. The molecule has 1 saturated carbocycles. The van der Waals surface area contributed by atoms with E-state index in [1.807, 2.05) is 20.9 Å². The van der Waals surface area contributed by atoms with Gasteiger partial charge in [0.25, 0.3) is 0 Å². The van der Waals surface area contributed by atoms with Crippen molar-refractivity contribution in [2.75, 3.05) is 20.2 Å². The van der Waals surface area contributed by atoms with Gasteiger partial charge in [-0.05, 0) is 39.7 Å². The van der Waals surface area contributed by atoms with Gasteiger partial charge in [0, 0.05) is 6.54 Å². The summed E-state index contributed by atoms with van der Waals surface area (Å²) in [5.41, 5.74) is 0. The molecule has 88 valence electrons. The van der Waals surface area contributed by atoms with Crippen LogP contribution in [-0.4, -0.2) is 37.1 Å². The Bertz CT molecular complexity index is 200. The van der Waals surface area contributed by atoms with E-state index in [9.17, 15) is 4.79 Å². The van der Waals surface area contributed by atoms with E-state index in [0.29, 0.717) is 6.61 Å². The SMILES string of the molecule is CCOC(=O)C(C)N(C)CC1CCCC1. The first-order valence-electron chi connectivity index (χ1n) is 6.02. The van der Waals surface area contributed by atoms with Crippen molar-refractivity contribution in [1.29, 1.82) is 0 Å². The van der Waals surface area contributed by atoms with E-state index >= 15 is 0 Å². The van der Waals surface area contributed by atoms with Crippen LogP contribution >= 0.6 is 0 Å². The van der Waals surface area contributed by atoms with Gasteiger partial charge >= 0.3 is 5.97 Å². The first-order valence-corrected chi connectivity index (χ1v) is 6.02. The van der Waals surface area contributed by atoms with Gasteiger partial charge in [-0.1, -0.05) is 12.8 Å². The Morgan fingerprint density at radius 2 is 2.07 bits per heavy atom. The van der Waals surface area contributed by atoms with Crippen LogP contribution in [0.4, 0.5) is 0 Å². The van der Waals surface area contributed by atoms with Crippen molar-refractivity contribution in [2.24, 2.45) is 5.92 Å². The predicted molar refractivity (Wildman–Crippen MR) is 60.7 cm³/mol. The first-order chi connectivity index (χ1) is 7.15. The van der Waals surface area contributed by atoms with E-state index in [-0.39, 0.29) is 12.0 Å². The van der Waals surface area contributed by atoms with E-state index in [1.165, 1.54) is 25.7 Å². The molecule has 3 nitrogen and oxygen atoms in total. The number of carbonyl (C=O) groups is 1. The Kier molecular flexibility index (Phi) is 5.09. The van der Waals surface area contributed by atoms with Crippen LogP contribution in [0.3, 0.4) is 0 Å². The first kappa shape index (κ1) is 12.5. The molecule has 0 radical (unpaired) electrons. The van der Waals surface area contributed by atoms with Crippen molar-refractivity contribution in [2.45, 2.75) is 45.6 Å². The zero-order chi connectivity index (χ0) is 11.3. The maximum atomic E-state index is 11.5. The summed E-state index contributed by atoms with van der Waals surface area (Å²) in [7, 11) is 2.01. The molecule has 0 aromatic carbocycles. The fourth-order valence-corrected chi connectivity index (χ4v) is 2.20. The largest absolute Gasteiger partial charge is 0.465 e. The Morgan fingerprint density at radius 1 is 1.47 bits per heavy atom. The minimum absolute atomic E-state index is 0.0991. The van der Waals surface area contributed by atoms with Gasteiger partial charge in [-0.2, -0.15) is 0 Å². The van der Waals surface area contributed by atoms with Crippen LogP contribution in [0.1, 0.15) is 39.5 Å². The third-order valence-electron chi connectivity index (χ3n) is 3.31. The molecule has 1 atom stereocenters. The van der Waals surface area contributed by atoms with E-state index in [0.717, 1.165) is 12.5 Å². The Labute approximate surface area is 92.8 Å². The van der Waals surface area contributed by atoms with Crippen molar-refractivity contribution >= 4 is 5.97 Å². The highest BCUT2D eigenvalue weighted by Crippen LogP contribution is 2.25. The standard InChI is InChI=1S/C12H23NO2/c1-4-15-12(14)10(2)13(3)9-11-7-5-6-8-11/h10-11H,4-9H2,1-3H3. The summed E-state index contributed by atoms with van der Waals surface area (Å²) >= 11 is 0. The van der Waals surface area contributed by atoms with Gasteiger partial charge in [-0.3, -0.25) is 9.69 Å². The topological polar surface area (TPSA) is 29.5 Å². The molecule has 0 N–H and O–H groups in total. The Morgan fingerprint density at radius 3 is 2.60 bits per heavy atom. The van der Waals surface area contributed by atoms with E-state index in [2.05, 4.69) is 4.90 Å². The summed E-state index contributed by atoms with van der Waals surface area (Å²) in [6, 6.07) is -0.106. The van der Waals surface area contributed by atoms with Gasteiger partial charge in [0.05, 0.1) is 6.61 Å². The molecule has 0 amide bonds.